The molecule has 0 unspecified atom stereocenters. The molecule has 0 amide bonds. The van der Waals surface area contributed by atoms with Gasteiger partial charge in [-0.25, -0.2) is 0 Å². The molecule has 3 heteroatoms. The predicted octanol–water partition coefficient (Wildman–Crippen LogP) is 3.27. The molecule has 1 fully saturated rings. The molecule has 3 nitrogen and oxygen atoms in total. The van der Waals surface area contributed by atoms with Gasteiger partial charge in [0.1, 0.15) is 12.4 Å². The average molecular weight is 277 g/mol. The van der Waals surface area contributed by atoms with Gasteiger partial charge in [-0.1, -0.05) is 26.0 Å². The lowest BCUT2D eigenvalue weighted by atomic mass is 10.0. The smallest absolute Gasteiger partial charge is 0.123 e. The van der Waals surface area contributed by atoms with E-state index < -0.39 is 0 Å². The van der Waals surface area contributed by atoms with Gasteiger partial charge in [0, 0.05) is 25.8 Å². The highest BCUT2D eigenvalue weighted by Gasteiger charge is 2.13. The van der Waals surface area contributed by atoms with Crippen LogP contribution in [0.5, 0.6) is 5.75 Å². The van der Waals surface area contributed by atoms with E-state index in [2.05, 4.69) is 44.3 Å². The third-order valence-corrected chi connectivity index (χ3v) is 3.81. The minimum absolute atomic E-state index is 0.494. The van der Waals surface area contributed by atoms with Gasteiger partial charge in [0.15, 0.2) is 0 Å². The topological polar surface area (TPSA) is 30.5 Å². The van der Waals surface area contributed by atoms with E-state index in [4.69, 9.17) is 9.47 Å². The van der Waals surface area contributed by atoms with Gasteiger partial charge in [-0.3, -0.25) is 0 Å². The number of rotatable bonds is 6. The normalized spacial score (nSPS) is 16.6. The fourth-order valence-corrected chi connectivity index (χ4v) is 2.57. The van der Waals surface area contributed by atoms with E-state index in [0.29, 0.717) is 12.0 Å². The first-order chi connectivity index (χ1) is 9.66. The van der Waals surface area contributed by atoms with Crippen molar-refractivity contribution in [3.8, 4) is 5.75 Å². The Hall–Kier alpha value is -1.06. The lowest BCUT2D eigenvalue weighted by Crippen LogP contribution is -2.37. The van der Waals surface area contributed by atoms with Crippen molar-refractivity contribution in [1.29, 1.82) is 0 Å². The molecule has 1 aromatic carbocycles. The van der Waals surface area contributed by atoms with Crippen LogP contribution in [0.3, 0.4) is 0 Å². The second-order valence-corrected chi connectivity index (χ2v) is 5.89. The predicted molar refractivity (Wildman–Crippen MR) is 82.6 cm³/mol. The van der Waals surface area contributed by atoms with E-state index in [0.717, 1.165) is 45.0 Å². The zero-order valence-electron chi connectivity index (χ0n) is 12.9. The lowest BCUT2D eigenvalue weighted by Gasteiger charge is -2.23. The first-order valence-corrected chi connectivity index (χ1v) is 7.71. The van der Waals surface area contributed by atoms with E-state index in [1.165, 1.54) is 11.1 Å². The Bertz CT molecular complexity index is 411. The van der Waals surface area contributed by atoms with Crippen molar-refractivity contribution in [2.45, 2.75) is 45.6 Å². The van der Waals surface area contributed by atoms with Gasteiger partial charge < -0.3 is 14.8 Å². The Kier molecular flexibility index (Phi) is 5.86. The molecule has 1 aliphatic heterocycles. The molecule has 20 heavy (non-hydrogen) atoms. The van der Waals surface area contributed by atoms with Crippen molar-refractivity contribution in [2.24, 2.45) is 0 Å². The molecular formula is C17H27NO2. The van der Waals surface area contributed by atoms with E-state index in [1.807, 2.05) is 0 Å². The number of nitrogens with one attached hydrogen (secondary N) is 1. The maximum absolute atomic E-state index is 5.98. The molecule has 1 saturated heterocycles. The quantitative estimate of drug-likeness (QED) is 0.810. The van der Waals surface area contributed by atoms with Gasteiger partial charge in [-0.05, 0) is 42.9 Å². The third kappa shape index (κ3) is 4.50. The monoisotopic (exact) mass is 277 g/mol. The molecule has 0 atom stereocenters. The summed E-state index contributed by atoms with van der Waals surface area (Å²) in [5, 5.41) is 3.55. The van der Waals surface area contributed by atoms with E-state index in [-0.39, 0.29) is 0 Å². The summed E-state index contributed by atoms with van der Waals surface area (Å²) in [5.74, 6) is 1.53. The summed E-state index contributed by atoms with van der Waals surface area (Å²) in [7, 11) is 0. The van der Waals surface area contributed by atoms with Crippen molar-refractivity contribution in [1.82, 2.24) is 5.32 Å². The summed E-state index contributed by atoms with van der Waals surface area (Å²) in [4.78, 5) is 0. The van der Waals surface area contributed by atoms with E-state index in [1.54, 1.807) is 0 Å². The summed E-state index contributed by atoms with van der Waals surface area (Å²) in [6, 6.07) is 7.07. The molecule has 1 aromatic rings. The van der Waals surface area contributed by atoms with E-state index >= 15 is 0 Å². The fraction of sp³-hybridized carbons (Fsp3) is 0.647. The van der Waals surface area contributed by atoms with Gasteiger partial charge in [-0.2, -0.15) is 0 Å². The molecule has 0 aromatic heterocycles. The van der Waals surface area contributed by atoms with Crippen LogP contribution >= 0.6 is 0 Å². The van der Waals surface area contributed by atoms with Crippen molar-refractivity contribution in [3.63, 3.8) is 0 Å². The standard InChI is InChI=1S/C17H27NO2/c1-13(2)16-5-4-14(3)12-17(16)20-11-8-18-15-6-9-19-10-7-15/h4-5,12-13,15,18H,6-11H2,1-3H3. The summed E-state index contributed by atoms with van der Waals surface area (Å²) in [5.41, 5.74) is 2.54. The molecule has 1 heterocycles. The third-order valence-electron chi connectivity index (χ3n) is 3.81. The minimum Gasteiger partial charge on any atom is -0.492 e. The van der Waals surface area contributed by atoms with Gasteiger partial charge in [0.25, 0.3) is 0 Å². The molecule has 0 aliphatic carbocycles. The number of aryl methyl sites for hydroxylation is 1. The van der Waals surface area contributed by atoms with Gasteiger partial charge >= 0.3 is 0 Å². The second-order valence-electron chi connectivity index (χ2n) is 5.89. The van der Waals surface area contributed by atoms with Crippen LogP contribution in [0.15, 0.2) is 18.2 Å². The highest BCUT2D eigenvalue weighted by molar-refractivity contribution is 5.39. The van der Waals surface area contributed by atoms with Crippen molar-refractivity contribution in [3.05, 3.63) is 29.3 Å². The van der Waals surface area contributed by atoms with Crippen LogP contribution in [-0.4, -0.2) is 32.4 Å². The van der Waals surface area contributed by atoms with Crippen molar-refractivity contribution < 1.29 is 9.47 Å². The lowest BCUT2D eigenvalue weighted by molar-refractivity contribution is 0.0770. The van der Waals surface area contributed by atoms with Gasteiger partial charge in [0.2, 0.25) is 0 Å². The Morgan fingerprint density at radius 1 is 1.30 bits per heavy atom. The Morgan fingerprint density at radius 2 is 2.05 bits per heavy atom. The SMILES string of the molecule is Cc1ccc(C(C)C)c(OCCNC2CCOCC2)c1. The maximum Gasteiger partial charge on any atom is 0.123 e. The molecule has 1 N–H and O–H groups in total. The molecular weight excluding hydrogens is 250 g/mol. The first-order valence-electron chi connectivity index (χ1n) is 7.71. The molecule has 112 valence electrons. The van der Waals surface area contributed by atoms with Crippen molar-refractivity contribution >= 4 is 0 Å². The van der Waals surface area contributed by atoms with Crippen LogP contribution in [0.25, 0.3) is 0 Å². The van der Waals surface area contributed by atoms with Crippen LogP contribution in [0, 0.1) is 6.92 Å². The van der Waals surface area contributed by atoms with Crippen LogP contribution in [0.4, 0.5) is 0 Å². The molecule has 1 aliphatic rings. The largest absolute Gasteiger partial charge is 0.492 e. The second kappa shape index (κ2) is 7.65. The molecule has 0 bridgehead atoms. The van der Waals surface area contributed by atoms with Crippen LogP contribution in [0.1, 0.15) is 43.7 Å². The summed E-state index contributed by atoms with van der Waals surface area (Å²) in [6.45, 7) is 9.91. The van der Waals surface area contributed by atoms with E-state index in [9.17, 15) is 0 Å². The summed E-state index contributed by atoms with van der Waals surface area (Å²) in [6.07, 6.45) is 2.23. The number of benzene rings is 1. The minimum atomic E-state index is 0.494. The first kappa shape index (κ1) is 15.3. The highest BCUT2D eigenvalue weighted by atomic mass is 16.5. The highest BCUT2D eigenvalue weighted by Crippen LogP contribution is 2.27. The van der Waals surface area contributed by atoms with Gasteiger partial charge in [-0.15, -0.1) is 0 Å². The van der Waals surface area contributed by atoms with Crippen molar-refractivity contribution in [2.75, 3.05) is 26.4 Å². The van der Waals surface area contributed by atoms with Crippen LogP contribution in [-0.2, 0) is 4.74 Å². The average Bonchev–Trinajstić information content (AvgIpc) is 2.44. The Balaban J connectivity index is 1.79. The fourth-order valence-electron chi connectivity index (χ4n) is 2.57. The zero-order valence-corrected chi connectivity index (χ0v) is 12.9. The number of ether oxygens (including phenoxy) is 2. The van der Waals surface area contributed by atoms with Crippen LogP contribution < -0.4 is 10.1 Å². The summed E-state index contributed by atoms with van der Waals surface area (Å²) < 4.78 is 11.3. The molecule has 0 radical (unpaired) electrons. The molecule has 2 rings (SSSR count). The summed E-state index contributed by atoms with van der Waals surface area (Å²) >= 11 is 0. The van der Waals surface area contributed by atoms with Gasteiger partial charge in [0.05, 0.1) is 0 Å². The Morgan fingerprint density at radius 3 is 2.75 bits per heavy atom. The van der Waals surface area contributed by atoms with Crippen LogP contribution in [0.2, 0.25) is 0 Å². The zero-order chi connectivity index (χ0) is 14.4. The Labute approximate surface area is 122 Å². The number of hydrogen-bond donors (Lipinski definition) is 1. The maximum atomic E-state index is 5.98. The number of hydrogen-bond acceptors (Lipinski definition) is 3. The molecule has 0 saturated carbocycles. The molecule has 0 spiro atoms.